The van der Waals surface area contributed by atoms with Crippen molar-refractivity contribution >= 4 is 0 Å². The van der Waals surface area contributed by atoms with Crippen LogP contribution >= 0.6 is 0 Å². The topological polar surface area (TPSA) is 28.4 Å². The molecule has 0 aromatic carbocycles. The molecule has 2 atom stereocenters. The Hall–Kier alpha value is -0.800. The SMILES string of the molecule is CC1CC1c1ccc(CNCCN(C(C)C)C(C)C)o1. The second kappa shape index (κ2) is 6.77. The Balaban J connectivity index is 1.69. The summed E-state index contributed by atoms with van der Waals surface area (Å²) >= 11 is 0. The molecular formula is C17H30N2O. The van der Waals surface area contributed by atoms with Gasteiger partial charge in [-0.1, -0.05) is 6.92 Å². The highest BCUT2D eigenvalue weighted by Crippen LogP contribution is 2.47. The summed E-state index contributed by atoms with van der Waals surface area (Å²) in [5, 5.41) is 3.49. The van der Waals surface area contributed by atoms with E-state index in [9.17, 15) is 0 Å². The molecule has 2 unspecified atom stereocenters. The Morgan fingerprint density at radius 3 is 2.45 bits per heavy atom. The van der Waals surface area contributed by atoms with Crippen LogP contribution in [0.15, 0.2) is 16.5 Å². The van der Waals surface area contributed by atoms with Crippen LogP contribution in [0.3, 0.4) is 0 Å². The molecule has 0 spiro atoms. The van der Waals surface area contributed by atoms with Crippen LogP contribution in [-0.2, 0) is 6.54 Å². The zero-order valence-corrected chi connectivity index (χ0v) is 13.6. The van der Waals surface area contributed by atoms with Crippen molar-refractivity contribution in [3.8, 4) is 0 Å². The van der Waals surface area contributed by atoms with Gasteiger partial charge in [-0.15, -0.1) is 0 Å². The minimum Gasteiger partial charge on any atom is -0.464 e. The summed E-state index contributed by atoms with van der Waals surface area (Å²) in [6.45, 7) is 14.3. The van der Waals surface area contributed by atoms with Gasteiger partial charge in [-0.3, -0.25) is 4.90 Å². The van der Waals surface area contributed by atoms with Gasteiger partial charge in [-0.25, -0.2) is 0 Å². The second-order valence-electron chi connectivity index (χ2n) is 6.73. The highest BCUT2D eigenvalue weighted by atomic mass is 16.3. The molecule has 114 valence electrons. The molecular weight excluding hydrogens is 248 g/mol. The number of rotatable bonds is 8. The van der Waals surface area contributed by atoms with Crippen LogP contribution in [0.25, 0.3) is 0 Å². The van der Waals surface area contributed by atoms with E-state index >= 15 is 0 Å². The van der Waals surface area contributed by atoms with E-state index in [1.165, 1.54) is 12.2 Å². The highest BCUT2D eigenvalue weighted by Gasteiger charge is 2.36. The molecule has 0 aliphatic heterocycles. The molecule has 1 aliphatic rings. The highest BCUT2D eigenvalue weighted by molar-refractivity contribution is 5.17. The number of furan rings is 1. The monoisotopic (exact) mass is 278 g/mol. The molecule has 3 nitrogen and oxygen atoms in total. The normalized spacial score (nSPS) is 22.2. The van der Waals surface area contributed by atoms with Gasteiger partial charge < -0.3 is 9.73 Å². The number of hydrogen-bond acceptors (Lipinski definition) is 3. The fraction of sp³-hybridized carbons (Fsp3) is 0.765. The van der Waals surface area contributed by atoms with E-state index in [0.717, 1.165) is 31.3 Å². The standard InChI is InChI=1S/C17H30N2O/c1-12(2)19(13(3)4)9-8-18-11-15-6-7-17(20-15)16-10-14(16)5/h6-7,12-14,16,18H,8-11H2,1-5H3. The van der Waals surface area contributed by atoms with E-state index in [2.05, 4.69) is 57.0 Å². The number of nitrogens with one attached hydrogen (secondary N) is 1. The first kappa shape index (κ1) is 15.6. The van der Waals surface area contributed by atoms with Crippen LogP contribution in [0.2, 0.25) is 0 Å². The Morgan fingerprint density at radius 2 is 1.90 bits per heavy atom. The summed E-state index contributed by atoms with van der Waals surface area (Å²) in [6.07, 6.45) is 1.29. The van der Waals surface area contributed by atoms with Gasteiger partial charge in [-0.2, -0.15) is 0 Å². The lowest BCUT2D eigenvalue weighted by Gasteiger charge is -2.30. The minimum absolute atomic E-state index is 0.600. The van der Waals surface area contributed by atoms with Crippen LogP contribution in [0.4, 0.5) is 0 Å². The van der Waals surface area contributed by atoms with Gasteiger partial charge in [0.25, 0.3) is 0 Å². The maximum absolute atomic E-state index is 5.90. The van der Waals surface area contributed by atoms with E-state index in [0.29, 0.717) is 18.0 Å². The van der Waals surface area contributed by atoms with Crippen molar-refractivity contribution in [2.45, 2.75) is 65.6 Å². The van der Waals surface area contributed by atoms with E-state index in [1.54, 1.807) is 0 Å². The van der Waals surface area contributed by atoms with Gasteiger partial charge in [0.2, 0.25) is 0 Å². The van der Waals surface area contributed by atoms with Crippen LogP contribution in [0.1, 0.15) is 58.5 Å². The maximum atomic E-state index is 5.90. The first-order chi connectivity index (χ1) is 9.49. The summed E-state index contributed by atoms with van der Waals surface area (Å²) in [5.41, 5.74) is 0. The molecule has 0 saturated heterocycles. The first-order valence-corrected chi connectivity index (χ1v) is 8.04. The molecule has 2 rings (SSSR count). The van der Waals surface area contributed by atoms with E-state index < -0.39 is 0 Å². The summed E-state index contributed by atoms with van der Waals surface area (Å²) in [4.78, 5) is 2.51. The fourth-order valence-corrected chi connectivity index (χ4v) is 2.94. The Morgan fingerprint density at radius 1 is 1.25 bits per heavy atom. The molecule has 1 aromatic rings. The second-order valence-corrected chi connectivity index (χ2v) is 6.73. The Kier molecular flexibility index (Phi) is 5.28. The molecule has 0 radical (unpaired) electrons. The molecule has 20 heavy (non-hydrogen) atoms. The summed E-state index contributed by atoms with van der Waals surface area (Å²) in [7, 11) is 0. The van der Waals surface area contributed by atoms with E-state index in [4.69, 9.17) is 4.42 Å². The van der Waals surface area contributed by atoms with Gasteiger partial charge in [0.15, 0.2) is 0 Å². The lowest BCUT2D eigenvalue weighted by molar-refractivity contribution is 0.175. The maximum Gasteiger partial charge on any atom is 0.117 e. The molecule has 3 heteroatoms. The van der Waals surface area contributed by atoms with E-state index in [1.807, 2.05) is 0 Å². The van der Waals surface area contributed by atoms with Crippen molar-refractivity contribution in [1.82, 2.24) is 10.2 Å². The molecule has 1 aliphatic carbocycles. The minimum atomic E-state index is 0.600. The summed E-state index contributed by atoms with van der Waals surface area (Å²) in [6, 6.07) is 5.47. The average Bonchev–Trinajstić information content (AvgIpc) is 2.91. The van der Waals surface area contributed by atoms with Crippen LogP contribution in [-0.4, -0.2) is 30.1 Å². The van der Waals surface area contributed by atoms with Crippen LogP contribution in [0.5, 0.6) is 0 Å². The molecule has 1 fully saturated rings. The van der Waals surface area contributed by atoms with E-state index in [-0.39, 0.29) is 0 Å². The third-order valence-electron chi connectivity index (χ3n) is 4.33. The predicted octanol–water partition coefficient (Wildman–Crippen LogP) is 3.61. The lowest BCUT2D eigenvalue weighted by Crippen LogP contribution is -2.41. The fourth-order valence-electron chi connectivity index (χ4n) is 2.94. The third-order valence-corrected chi connectivity index (χ3v) is 4.33. The Bertz CT molecular complexity index is 403. The predicted molar refractivity (Wildman–Crippen MR) is 83.9 cm³/mol. The van der Waals surface area contributed by atoms with Crippen molar-refractivity contribution in [3.05, 3.63) is 23.7 Å². The van der Waals surface area contributed by atoms with Crippen molar-refractivity contribution < 1.29 is 4.42 Å². The molecule has 1 saturated carbocycles. The quantitative estimate of drug-likeness (QED) is 0.736. The van der Waals surface area contributed by atoms with Crippen molar-refractivity contribution in [1.29, 1.82) is 0 Å². The smallest absolute Gasteiger partial charge is 0.117 e. The molecule has 1 heterocycles. The average molecular weight is 278 g/mol. The first-order valence-electron chi connectivity index (χ1n) is 8.04. The number of hydrogen-bond donors (Lipinski definition) is 1. The van der Waals surface area contributed by atoms with Gasteiger partial charge in [0.1, 0.15) is 11.5 Å². The van der Waals surface area contributed by atoms with Crippen LogP contribution < -0.4 is 5.32 Å². The van der Waals surface area contributed by atoms with Gasteiger partial charge in [0.05, 0.1) is 6.54 Å². The third kappa shape index (κ3) is 4.10. The summed E-state index contributed by atoms with van der Waals surface area (Å²) in [5.74, 6) is 3.74. The van der Waals surface area contributed by atoms with Gasteiger partial charge in [0, 0.05) is 31.1 Å². The van der Waals surface area contributed by atoms with Gasteiger partial charge >= 0.3 is 0 Å². The van der Waals surface area contributed by atoms with Gasteiger partial charge in [-0.05, 0) is 52.2 Å². The Labute approximate surface area is 123 Å². The van der Waals surface area contributed by atoms with Crippen molar-refractivity contribution in [2.75, 3.05) is 13.1 Å². The zero-order chi connectivity index (χ0) is 14.7. The zero-order valence-electron chi connectivity index (χ0n) is 13.6. The van der Waals surface area contributed by atoms with Crippen LogP contribution in [0, 0.1) is 5.92 Å². The largest absolute Gasteiger partial charge is 0.464 e. The van der Waals surface area contributed by atoms with Crippen molar-refractivity contribution in [2.24, 2.45) is 5.92 Å². The molecule has 0 amide bonds. The number of nitrogens with zero attached hydrogens (tertiary/aromatic N) is 1. The lowest BCUT2D eigenvalue weighted by atomic mass is 10.2. The molecule has 1 aromatic heterocycles. The summed E-state index contributed by atoms with van der Waals surface area (Å²) < 4.78 is 5.90. The molecule has 0 bridgehead atoms. The van der Waals surface area contributed by atoms with Crippen molar-refractivity contribution in [3.63, 3.8) is 0 Å². The molecule has 1 N–H and O–H groups in total.